The highest BCUT2D eigenvalue weighted by atomic mass is 16.6. The average Bonchev–Trinajstić information content (AvgIpc) is 2.80. The number of carboxylic acid groups (broad SMARTS) is 1. The van der Waals surface area contributed by atoms with E-state index in [1.165, 1.54) is 0 Å². The van der Waals surface area contributed by atoms with Gasteiger partial charge in [-0.1, -0.05) is 6.58 Å². The summed E-state index contributed by atoms with van der Waals surface area (Å²) in [6, 6.07) is 0. The number of ether oxygens (including phenoxy) is 3. The minimum Gasteiger partial charge on any atom is -0.481 e. The van der Waals surface area contributed by atoms with Gasteiger partial charge in [-0.3, -0.25) is 14.4 Å². The maximum Gasteiger partial charge on any atom is 0.333 e. The summed E-state index contributed by atoms with van der Waals surface area (Å²) in [5.41, 5.74) is -1.92. The third-order valence-electron chi connectivity index (χ3n) is 11.6. The molecule has 226 valence electrons. The standard InChI is InChI=1S/C33H46O8/c1-18(2)28(37)40-33(15-25(34)35)23-7-21-8-24(33)10-22(9-23)27(21)39-26(36)16-31-11-19-6-20(12-31)14-32(13-19,17-31)41-29(38)30(3,4)5/h19-24,27H,1,6-17H2,2-5H3,(H,34,35). The number of aliphatic carboxylic acids is 1. The van der Waals surface area contributed by atoms with Crippen molar-refractivity contribution >= 4 is 23.9 Å². The predicted molar refractivity (Wildman–Crippen MR) is 148 cm³/mol. The SMILES string of the molecule is C=C(C)C(=O)OC1(CC(=O)O)C2CC3CC1CC(C2)C3OC(=O)CC12CC3CC(C1)CC(OC(=O)C(C)(C)C)(C3)C2. The van der Waals surface area contributed by atoms with Gasteiger partial charge in [0.1, 0.15) is 17.3 Å². The average molecular weight is 571 g/mol. The van der Waals surface area contributed by atoms with Gasteiger partial charge >= 0.3 is 23.9 Å². The molecule has 0 aromatic rings. The normalized spacial score (nSPS) is 43.5. The van der Waals surface area contributed by atoms with Crippen LogP contribution in [-0.2, 0) is 33.4 Å². The van der Waals surface area contributed by atoms with Crippen LogP contribution < -0.4 is 0 Å². The van der Waals surface area contributed by atoms with Crippen molar-refractivity contribution in [3.05, 3.63) is 12.2 Å². The monoisotopic (exact) mass is 570 g/mol. The van der Waals surface area contributed by atoms with E-state index in [9.17, 15) is 24.3 Å². The number of carbonyl (C=O) groups is 4. The van der Waals surface area contributed by atoms with Crippen molar-refractivity contribution in [3.8, 4) is 0 Å². The van der Waals surface area contributed by atoms with Crippen LogP contribution in [0.5, 0.6) is 0 Å². The summed E-state index contributed by atoms with van der Waals surface area (Å²) in [4.78, 5) is 50.9. The molecule has 0 amide bonds. The predicted octanol–water partition coefficient (Wildman–Crippen LogP) is 5.62. The van der Waals surface area contributed by atoms with Gasteiger partial charge in [0.15, 0.2) is 0 Å². The van der Waals surface area contributed by atoms with Gasteiger partial charge in [0.2, 0.25) is 0 Å². The van der Waals surface area contributed by atoms with Gasteiger partial charge in [-0.15, -0.1) is 0 Å². The maximum absolute atomic E-state index is 13.6. The van der Waals surface area contributed by atoms with E-state index in [1.807, 2.05) is 20.8 Å². The van der Waals surface area contributed by atoms with Crippen molar-refractivity contribution in [2.24, 2.45) is 46.3 Å². The molecule has 8 saturated carbocycles. The largest absolute Gasteiger partial charge is 0.481 e. The molecule has 0 saturated heterocycles. The molecule has 0 aliphatic heterocycles. The molecule has 1 N–H and O–H groups in total. The number of rotatable bonds is 8. The molecule has 8 heteroatoms. The molecule has 0 heterocycles. The molecule has 8 aliphatic carbocycles. The third kappa shape index (κ3) is 5.01. The number of hydrogen-bond donors (Lipinski definition) is 1. The molecular weight excluding hydrogens is 524 g/mol. The second-order valence-electron chi connectivity index (χ2n) is 16.0. The van der Waals surface area contributed by atoms with Gasteiger partial charge in [-0.05, 0) is 121 Å². The van der Waals surface area contributed by atoms with E-state index < -0.39 is 28.6 Å². The lowest BCUT2D eigenvalue weighted by Crippen LogP contribution is -2.64. The number of carbonyl (C=O) groups excluding carboxylic acids is 3. The smallest absolute Gasteiger partial charge is 0.333 e. The highest BCUT2D eigenvalue weighted by Gasteiger charge is 2.65. The number of esters is 3. The van der Waals surface area contributed by atoms with Crippen LogP contribution in [0.2, 0.25) is 0 Å². The van der Waals surface area contributed by atoms with E-state index >= 15 is 0 Å². The lowest BCUT2D eigenvalue weighted by molar-refractivity contribution is -0.235. The number of carboxylic acids is 1. The molecule has 8 bridgehead atoms. The summed E-state index contributed by atoms with van der Waals surface area (Å²) in [7, 11) is 0. The molecule has 0 radical (unpaired) electrons. The van der Waals surface area contributed by atoms with Gasteiger partial charge in [0.25, 0.3) is 0 Å². The Kier molecular flexibility index (Phi) is 6.70. The Hall–Kier alpha value is -2.38. The zero-order chi connectivity index (χ0) is 29.5. The van der Waals surface area contributed by atoms with Crippen LogP contribution in [0.4, 0.5) is 0 Å². The van der Waals surface area contributed by atoms with E-state index in [-0.39, 0.29) is 59.1 Å². The van der Waals surface area contributed by atoms with Crippen LogP contribution in [0.3, 0.4) is 0 Å². The number of hydrogen-bond acceptors (Lipinski definition) is 7. The Balaban J connectivity index is 1.13. The van der Waals surface area contributed by atoms with Crippen molar-refractivity contribution in [3.63, 3.8) is 0 Å². The van der Waals surface area contributed by atoms with Crippen LogP contribution in [0.25, 0.3) is 0 Å². The van der Waals surface area contributed by atoms with Crippen LogP contribution in [-0.4, -0.2) is 46.3 Å². The molecule has 41 heavy (non-hydrogen) atoms. The first-order valence-electron chi connectivity index (χ1n) is 15.6. The van der Waals surface area contributed by atoms with E-state index in [0.717, 1.165) is 38.5 Å². The fraction of sp³-hybridized carbons (Fsp3) is 0.818. The van der Waals surface area contributed by atoms with Crippen molar-refractivity contribution in [1.82, 2.24) is 0 Å². The summed E-state index contributed by atoms with van der Waals surface area (Å²) in [6.45, 7) is 11.0. The quantitative estimate of drug-likeness (QED) is 0.227. The summed E-state index contributed by atoms with van der Waals surface area (Å²) in [5.74, 6) is -0.612. The molecule has 8 rings (SSSR count). The molecule has 0 spiro atoms. The Morgan fingerprint density at radius 3 is 1.90 bits per heavy atom. The van der Waals surface area contributed by atoms with Crippen molar-refractivity contribution in [2.75, 3.05) is 0 Å². The van der Waals surface area contributed by atoms with Crippen LogP contribution in [0.15, 0.2) is 12.2 Å². The van der Waals surface area contributed by atoms with Gasteiger partial charge in [-0.2, -0.15) is 0 Å². The highest BCUT2D eigenvalue weighted by Crippen LogP contribution is 2.65. The molecular formula is C33H46O8. The van der Waals surface area contributed by atoms with Gasteiger partial charge < -0.3 is 19.3 Å². The Labute approximate surface area is 242 Å². The lowest BCUT2D eigenvalue weighted by atomic mass is 9.47. The summed E-state index contributed by atoms with van der Waals surface area (Å²) in [5, 5.41) is 9.73. The van der Waals surface area contributed by atoms with Crippen LogP contribution >= 0.6 is 0 Å². The van der Waals surface area contributed by atoms with Crippen LogP contribution in [0.1, 0.15) is 105 Å². The fourth-order valence-electron chi connectivity index (χ4n) is 10.6. The molecule has 2 unspecified atom stereocenters. The van der Waals surface area contributed by atoms with Crippen molar-refractivity contribution in [2.45, 2.75) is 122 Å². The molecule has 0 aromatic heterocycles. The van der Waals surface area contributed by atoms with Crippen LogP contribution in [0, 0.1) is 46.3 Å². The zero-order valence-electron chi connectivity index (χ0n) is 25.0. The first-order valence-corrected chi connectivity index (χ1v) is 15.6. The summed E-state index contributed by atoms with van der Waals surface area (Å²) >= 11 is 0. The second-order valence-corrected chi connectivity index (χ2v) is 16.0. The zero-order valence-corrected chi connectivity index (χ0v) is 25.0. The topological polar surface area (TPSA) is 116 Å². The molecule has 2 atom stereocenters. The lowest BCUT2D eigenvalue weighted by Gasteiger charge is -2.62. The van der Waals surface area contributed by atoms with Gasteiger partial charge in [-0.25, -0.2) is 4.79 Å². The van der Waals surface area contributed by atoms with E-state index in [4.69, 9.17) is 14.2 Å². The van der Waals surface area contributed by atoms with E-state index in [1.54, 1.807) is 6.92 Å². The first-order chi connectivity index (χ1) is 19.1. The molecule has 8 aliphatic rings. The second kappa shape index (κ2) is 9.57. The molecule has 8 fully saturated rings. The summed E-state index contributed by atoms with van der Waals surface area (Å²) < 4.78 is 18.5. The Morgan fingerprint density at radius 2 is 1.41 bits per heavy atom. The molecule has 8 nitrogen and oxygen atoms in total. The van der Waals surface area contributed by atoms with E-state index in [0.29, 0.717) is 43.9 Å². The minimum absolute atomic E-state index is 0.0557. The Morgan fingerprint density at radius 1 is 0.854 bits per heavy atom. The van der Waals surface area contributed by atoms with Crippen molar-refractivity contribution < 1.29 is 38.5 Å². The van der Waals surface area contributed by atoms with Gasteiger partial charge in [0, 0.05) is 17.4 Å². The van der Waals surface area contributed by atoms with Gasteiger partial charge in [0.05, 0.1) is 18.3 Å². The first kappa shape index (κ1) is 28.7. The molecule has 0 aromatic carbocycles. The fourth-order valence-corrected chi connectivity index (χ4v) is 10.6. The van der Waals surface area contributed by atoms with Crippen molar-refractivity contribution in [1.29, 1.82) is 0 Å². The summed E-state index contributed by atoms with van der Waals surface area (Å²) in [6.07, 6.45) is 8.52. The minimum atomic E-state index is -1.01. The maximum atomic E-state index is 13.6. The third-order valence-corrected chi connectivity index (χ3v) is 11.6. The highest BCUT2D eigenvalue weighted by molar-refractivity contribution is 5.87. The Bertz CT molecular complexity index is 1120. The van der Waals surface area contributed by atoms with E-state index in [2.05, 4.69) is 6.58 Å².